The molecule has 1 amide bonds. The molecule has 0 aliphatic heterocycles. The number of aromatic nitrogens is 2. The Balaban J connectivity index is 1.97. The number of carbonyl (C=O) groups excluding carboxylic acids is 1. The van der Waals surface area contributed by atoms with Gasteiger partial charge in [-0.05, 0) is 24.3 Å². The van der Waals surface area contributed by atoms with Gasteiger partial charge in [-0.1, -0.05) is 29.8 Å². The molecule has 0 atom stereocenters. The number of amides is 1. The molecular weight excluding hydrogens is 274 g/mol. The van der Waals surface area contributed by atoms with Crippen molar-refractivity contribution in [1.82, 2.24) is 9.97 Å². The highest BCUT2D eigenvalue weighted by Gasteiger charge is 2.10. The average molecular weight is 284 g/mol. The minimum Gasteiger partial charge on any atom is -0.322 e. The molecule has 0 spiro atoms. The van der Waals surface area contributed by atoms with Gasteiger partial charge in [-0.3, -0.25) is 9.78 Å². The molecule has 0 aliphatic carbocycles. The van der Waals surface area contributed by atoms with Gasteiger partial charge in [-0.25, -0.2) is 4.98 Å². The van der Waals surface area contributed by atoms with Gasteiger partial charge in [0, 0.05) is 23.5 Å². The molecule has 0 fully saturated rings. The minimum absolute atomic E-state index is 0.203. The average Bonchev–Trinajstić information content (AvgIpc) is 2.46. The maximum atomic E-state index is 12.3. The second-order valence-electron chi connectivity index (χ2n) is 4.20. The van der Waals surface area contributed by atoms with Gasteiger partial charge in [0.05, 0.1) is 11.1 Å². The Morgan fingerprint density at radius 3 is 2.70 bits per heavy atom. The number of benzene rings is 1. The molecule has 5 heteroatoms. The normalized spacial score (nSPS) is 10.4. The monoisotopic (exact) mass is 283 g/mol. The second kappa shape index (κ2) is 5.27. The van der Waals surface area contributed by atoms with E-state index in [0.717, 1.165) is 10.9 Å². The van der Waals surface area contributed by atoms with Crippen molar-refractivity contribution in [1.29, 1.82) is 0 Å². The van der Waals surface area contributed by atoms with E-state index in [2.05, 4.69) is 15.3 Å². The zero-order chi connectivity index (χ0) is 13.9. The Hall–Kier alpha value is -2.46. The fourth-order valence-corrected chi connectivity index (χ4v) is 2.15. The predicted octanol–water partition coefficient (Wildman–Crippen LogP) is 3.54. The zero-order valence-electron chi connectivity index (χ0n) is 10.4. The summed E-state index contributed by atoms with van der Waals surface area (Å²) in [4.78, 5) is 20.4. The molecule has 1 aromatic carbocycles. The van der Waals surface area contributed by atoms with Crippen LogP contribution >= 0.6 is 11.6 Å². The molecule has 20 heavy (non-hydrogen) atoms. The molecule has 1 N–H and O–H groups in total. The summed E-state index contributed by atoms with van der Waals surface area (Å²) < 4.78 is 0. The zero-order valence-corrected chi connectivity index (χ0v) is 11.1. The first-order valence-corrected chi connectivity index (χ1v) is 6.38. The Morgan fingerprint density at radius 2 is 1.85 bits per heavy atom. The first kappa shape index (κ1) is 12.6. The molecule has 0 radical (unpaired) electrons. The summed E-state index contributed by atoms with van der Waals surface area (Å²) in [6.45, 7) is 0. The summed E-state index contributed by atoms with van der Waals surface area (Å²) in [6, 6.07) is 12.5. The molecule has 3 rings (SSSR count). The smallest absolute Gasteiger partial charge is 0.256 e. The molecule has 3 aromatic rings. The molecule has 2 heterocycles. The third-order valence-corrected chi connectivity index (χ3v) is 3.08. The van der Waals surface area contributed by atoms with Crippen LogP contribution in [0.2, 0.25) is 5.15 Å². The Bertz CT molecular complexity index is 783. The van der Waals surface area contributed by atoms with Crippen LogP contribution in [-0.2, 0) is 0 Å². The van der Waals surface area contributed by atoms with Crippen LogP contribution in [0.4, 0.5) is 5.69 Å². The molecule has 0 aliphatic rings. The molecule has 4 nitrogen and oxygen atoms in total. The standard InChI is InChI=1S/C15H10ClN3O/c16-14-9-10(5-7-18-14)19-15(20)12-6-8-17-13-4-2-1-3-11(12)13/h1-9H,(H,18,19,20). The third-order valence-electron chi connectivity index (χ3n) is 2.88. The number of nitrogens with zero attached hydrogens (tertiary/aromatic N) is 2. The van der Waals surface area contributed by atoms with Gasteiger partial charge in [0.2, 0.25) is 0 Å². The van der Waals surface area contributed by atoms with E-state index in [-0.39, 0.29) is 5.91 Å². The van der Waals surface area contributed by atoms with E-state index in [9.17, 15) is 4.79 Å². The minimum atomic E-state index is -0.203. The third kappa shape index (κ3) is 2.46. The van der Waals surface area contributed by atoms with Gasteiger partial charge in [-0.2, -0.15) is 0 Å². The summed E-state index contributed by atoms with van der Waals surface area (Å²) in [6.07, 6.45) is 3.17. The van der Waals surface area contributed by atoms with E-state index < -0.39 is 0 Å². The lowest BCUT2D eigenvalue weighted by Gasteiger charge is -2.07. The van der Waals surface area contributed by atoms with Crippen LogP contribution in [0.1, 0.15) is 10.4 Å². The van der Waals surface area contributed by atoms with Crippen LogP contribution < -0.4 is 5.32 Å². The fourth-order valence-electron chi connectivity index (χ4n) is 1.97. The summed E-state index contributed by atoms with van der Waals surface area (Å²) in [7, 11) is 0. The number of para-hydroxylation sites is 1. The molecule has 0 bridgehead atoms. The summed E-state index contributed by atoms with van der Waals surface area (Å²) >= 11 is 5.80. The maximum Gasteiger partial charge on any atom is 0.256 e. The van der Waals surface area contributed by atoms with Gasteiger partial charge < -0.3 is 5.32 Å². The van der Waals surface area contributed by atoms with Gasteiger partial charge in [-0.15, -0.1) is 0 Å². The number of hydrogen-bond acceptors (Lipinski definition) is 3. The number of pyridine rings is 2. The van der Waals surface area contributed by atoms with Crippen LogP contribution in [0.3, 0.4) is 0 Å². The molecule has 0 unspecified atom stereocenters. The first-order valence-electron chi connectivity index (χ1n) is 6.01. The predicted molar refractivity (Wildman–Crippen MR) is 78.9 cm³/mol. The second-order valence-corrected chi connectivity index (χ2v) is 4.58. The van der Waals surface area contributed by atoms with Crippen molar-refractivity contribution in [2.24, 2.45) is 0 Å². The molecule has 0 saturated carbocycles. The summed E-state index contributed by atoms with van der Waals surface area (Å²) in [5, 5.41) is 3.95. The van der Waals surface area contributed by atoms with Crippen LogP contribution in [-0.4, -0.2) is 15.9 Å². The highest BCUT2D eigenvalue weighted by atomic mass is 35.5. The number of hydrogen-bond donors (Lipinski definition) is 1. The van der Waals surface area contributed by atoms with E-state index >= 15 is 0 Å². The van der Waals surface area contributed by atoms with Crippen molar-refractivity contribution in [3.05, 3.63) is 65.6 Å². The SMILES string of the molecule is O=C(Nc1ccnc(Cl)c1)c1ccnc2ccccc12. The number of rotatable bonds is 2. The van der Waals surface area contributed by atoms with Gasteiger partial charge >= 0.3 is 0 Å². The maximum absolute atomic E-state index is 12.3. The topological polar surface area (TPSA) is 54.9 Å². The first-order chi connectivity index (χ1) is 9.74. The lowest BCUT2D eigenvalue weighted by Crippen LogP contribution is -2.12. The van der Waals surface area contributed by atoms with Gasteiger partial charge in [0.25, 0.3) is 5.91 Å². The van der Waals surface area contributed by atoms with E-state index in [1.54, 1.807) is 30.6 Å². The summed E-state index contributed by atoms with van der Waals surface area (Å²) in [5.41, 5.74) is 1.97. The van der Waals surface area contributed by atoms with Crippen LogP contribution in [0.5, 0.6) is 0 Å². The van der Waals surface area contributed by atoms with Crippen LogP contribution in [0, 0.1) is 0 Å². The highest BCUT2D eigenvalue weighted by Crippen LogP contribution is 2.18. The molecular formula is C15H10ClN3O. The van der Waals surface area contributed by atoms with Crippen molar-refractivity contribution < 1.29 is 4.79 Å². The van der Waals surface area contributed by atoms with Gasteiger partial charge in [0.15, 0.2) is 0 Å². The lowest BCUT2D eigenvalue weighted by atomic mass is 10.1. The van der Waals surface area contributed by atoms with Crippen molar-refractivity contribution >= 4 is 34.1 Å². The lowest BCUT2D eigenvalue weighted by molar-refractivity contribution is 0.102. The Labute approximate surface area is 120 Å². The van der Waals surface area contributed by atoms with Crippen molar-refractivity contribution in [2.75, 3.05) is 5.32 Å². The number of carbonyl (C=O) groups is 1. The molecule has 2 aromatic heterocycles. The van der Waals surface area contributed by atoms with Crippen LogP contribution in [0.25, 0.3) is 10.9 Å². The van der Waals surface area contributed by atoms with E-state index in [1.165, 1.54) is 0 Å². The fraction of sp³-hybridized carbons (Fsp3) is 0. The van der Waals surface area contributed by atoms with E-state index in [0.29, 0.717) is 16.4 Å². The van der Waals surface area contributed by atoms with E-state index in [1.807, 2.05) is 24.3 Å². The molecule has 0 saturated heterocycles. The van der Waals surface area contributed by atoms with Crippen molar-refractivity contribution in [2.45, 2.75) is 0 Å². The summed E-state index contributed by atoms with van der Waals surface area (Å²) in [5.74, 6) is -0.203. The number of halogens is 1. The Kier molecular flexibility index (Phi) is 3.31. The molecule has 98 valence electrons. The quantitative estimate of drug-likeness (QED) is 0.732. The van der Waals surface area contributed by atoms with E-state index in [4.69, 9.17) is 11.6 Å². The number of anilines is 1. The highest BCUT2D eigenvalue weighted by molar-refractivity contribution is 6.29. The van der Waals surface area contributed by atoms with Gasteiger partial charge in [0.1, 0.15) is 5.15 Å². The number of fused-ring (bicyclic) bond motifs is 1. The number of nitrogens with one attached hydrogen (secondary N) is 1. The Morgan fingerprint density at radius 1 is 1.05 bits per heavy atom. The van der Waals surface area contributed by atoms with Crippen molar-refractivity contribution in [3.63, 3.8) is 0 Å². The largest absolute Gasteiger partial charge is 0.322 e. The van der Waals surface area contributed by atoms with Crippen LogP contribution in [0.15, 0.2) is 54.9 Å². The van der Waals surface area contributed by atoms with Crippen molar-refractivity contribution in [3.8, 4) is 0 Å².